The van der Waals surface area contributed by atoms with Crippen LogP contribution in [0.2, 0.25) is 0 Å². The Kier molecular flexibility index (Phi) is 5.32. The molecule has 6 nitrogen and oxygen atoms in total. The Labute approximate surface area is 129 Å². The highest BCUT2D eigenvalue weighted by atomic mass is 32.1. The van der Waals surface area contributed by atoms with Crippen LogP contribution >= 0.6 is 11.3 Å². The van der Waals surface area contributed by atoms with Crippen LogP contribution in [0.5, 0.6) is 6.01 Å². The molecule has 0 saturated carbocycles. The maximum absolute atomic E-state index is 5.53. The minimum Gasteiger partial charge on any atom is -0.463 e. The molecule has 0 spiro atoms. The number of aromatic nitrogens is 3. The Morgan fingerprint density at radius 1 is 1.38 bits per heavy atom. The third-order valence-electron chi connectivity index (χ3n) is 3.11. The third kappa shape index (κ3) is 3.81. The van der Waals surface area contributed by atoms with Gasteiger partial charge in [0, 0.05) is 19.0 Å². The van der Waals surface area contributed by atoms with E-state index in [4.69, 9.17) is 4.74 Å². The van der Waals surface area contributed by atoms with Gasteiger partial charge in [-0.1, -0.05) is 13.0 Å². The Balaban J connectivity index is 2.24. The summed E-state index contributed by atoms with van der Waals surface area (Å²) in [5.41, 5.74) is 0. The van der Waals surface area contributed by atoms with E-state index in [1.165, 1.54) is 4.88 Å². The van der Waals surface area contributed by atoms with Crippen molar-refractivity contribution in [2.24, 2.45) is 0 Å². The molecule has 0 aliphatic carbocycles. The monoisotopic (exact) mass is 307 g/mol. The first-order valence-corrected chi connectivity index (χ1v) is 7.86. The zero-order valence-electron chi connectivity index (χ0n) is 12.8. The van der Waals surface area contributed by atoms with Crippen molar-refractivity contribution in [2.45, 2.75) is 26.3 Å². The van der Waals surface area contributed by atoms with Gasteiger partial charge in [0.15, 0.2) is 0 Å². The number of hydrogen-bond acceptors (Lipinski definition) is 7. The summed E-state index contributed by atoms with van der Waals surface area (Å²) in [6.45, 7) is 4.77. The summed E-state index contributed by atoms with van der Waals surface area (Å²) in [6.07, 6.45) is 0.914. The number of ether oxygens (including phenoxy) is 1. The minimum atomic E-state index is 0.191. The first-order valence-electron chi connectivity index (χ1n) is 6.98. The number of nitrogens with zero attached hydrogens (tertiary/aromatic N) is 4. The lowest BCUT2D eigenvalue weighted by Gasteiger charge is -2.24. The molecule has 1 N–H and O–H groups in total. The number of nitrogens with one attached hydrogen (secondary N) is 1. The van der Waals surface area contributed by atoms with Gasteiger partial charge in [-0.3, -0.25) is 0 Å². The molecule has 0 aromatic carbocycles. The largest absolute Gasteiger partial charge is 0.463 e. The summed E-state index contributed by atoms with van der Waals surface area (Å²) in [5.74, 6) is 1.11. The molecule has 0 bridgehead atoms. The van der Waals surface area contributed by atoms with Crippen LogP contribution in [0, 0.1) is 0 Å². The van der Waals surface area contributed by atoms with Gasteiger partial charge < -0.3 is 15.0 Å². The van der Waals surface area contributed by atoms with Gasteiger partial charge in [-0.15, -0.1) is 11.3 Å². The van der Waals surface area contributed by atoms with Crippen LogP contribution in [-0.4, -0.2) is 35.7 Å². The van der Waals surface area contributed by atoms with E-state index < -0.39 is 0 Å². The Morgan fingerprint density at radius 3 is 2.81 bits per heavy atom. The summed E-state index contributed by atoms with van der Waals surface area (Å²) < 4.78 is 5.53. The fraction of sp³-hybridized carbons (Fsp3) is 0.500. The van der Waals surface area contributed by atoms with Crippen molar-refractivity contribution in [1.82, 2.24) is 15.0 Å². The quantitative estimate of drug-likeness (QED) is 0.848. The average Bonchev–Trinajstić information content (AvgIpc) is 3.05. The zero-order valence-corrected chi connectivity index (χ0v) is 13.6. The highest BCUT2D eigenvalue weighted by Gasteiger charge is 2.18. The fourth-order valence-corrected chi connectivity index (χ4v) is 2.59. The smallest absolute Gasteiger partial charge is 0.323 e. The fourth-order valence-electron chi connectivity index (χ4n) is 1.77. The van der Waals surface area contributed by atoms with Crippen LogP contribution in [0.15, 0.2) is 17.5 Å². The predicted molar refractivity (Wildman–Crippen MR) is 86.3 cm³/mol. The summed E-state index contributed by atoms with van der Waals surface area (Å²) in [6, 6.07) is 4.71. The van der Waals surface area contributed by atoms with Gasteiger partial charge in [0.1, 0.15) is 0 Å². The zero-order chi connectivity index (χ0) is 15.2. The molecular weight excluding hydrogens is 286 g/mol. The first kappa shape index (κ1) is 15.5. The van der Waals surface area contributed by atoms with Crippen molar-refractivity contribution in [1.29, 1.82) is 0 Å². The summed E-state index contributed by atoms with van der Waals surface area (Å²) >= 11 is 1.72. The van der Waals surface area contributed by atoms with Crippen LogP contribution in [0.4, 0.5) is 11.9 Å². The molecule has 0 aliphatic rings. The first-order chi connectivity index (χ1) is 10.2. The van der Waals surface area contributed by atoms with Gasteiger partial charge in [0.2, 0.25) is 11.9 Å². The molecule has 114 valence electrons. The minimum absolute atomic E-state index is 0.191. The molecule has 0 fully saturated rings. The molecule has 0 amide bonds. The van der Waals surface area contributed by atoms with E-state index in [1.54, 1.807) is 18.4 Å². The highest BCUT2D eigenvalue weighted by molar-refractivity contribution is 7.10. The lowest BCUT2D eigenvalue weighted by Crippen LogP contribution is -2.24. The van der Waals surface area contributed by atoms with E-state index in [-0.39, 0.29) is 6.04 Å². The van der Waals surface area contributed by atoms with E-state index >= 15 is 0 Å². The predicted octanol–water partition coefficient (Wildman–Crippen LogP) is 2.96. The van der Waals surface area contributed by atoms with Crippen LogP contribution < -0.4 is 15.0 Å². The average molecular weight is 307 g/mol. The van der Waals surface area contributed by atoms with E-state index in [9.17, 15) is 0 Å². The SMILES string of the molecule is CCCOc1nc(NC)nc(N(C)C(C)c2cccs2)n1. The molecule has 2 aromatic heterocycles. The van der Waals surface area contributed by atoms with Gasteiger partial charge in [0.25, 0.3) is 0 Å². The standard InChI is InChI=1S/C14H21N5OS/c1-5-8-20-14-17-12(15-3)16-13(18-14)19(4)10(2)11-7-6-9-21-11/h6-7,9-10H,5,8H2,1-4H3,(H,15,16,17,18). The third-order valence-corrected chi connectivity index (χ3v) is 4.16. The summed E-state index contributed by atoms with van der Waals surface area (Å²) in [7, 11) is 3.76. The topological polar surface area (TPSA) is 63.2 Å². The van der Waals surface area contributed by atoms with Crippen molar-refractivity contribution in [3.63, 3.8) is 0 Å². The van der Waals surface area contributed by atoms with Crippen molar-refractivity contribution < 1.29 is 4.74 Å². The molecule has 0 saturated heterocycles. The van der Waals surface area contributed by atoms with Gasteiger partial charge in [0.05, 0.1) is 12.6 Å². The molecule has 7 heteroatoms. The van der Waals surface area contributed by atoms with Gasteiger partial charge in [-0.2, -0.15) is 15.0 Å². The highest BCUT2D eigenvalue weighted by Crippen LogP contribution is 2.27. The number of rotatable bonds is 7. The van der Waals surface area contributed by atoms with Crippen LogP contribution in [0.25, 0.3) is 0 Å². The lowest BCUT2D eigenvalue weighted by atomic mass is 10.2. The molecule has 2 heterocycles. The molecule has 0 radical (unpaired) electrons. The van der Waals surface area contributed by atoms with Crippen LogP contribution in [0.3, 0.4) is 0 Å². The number of hydrogen-bond donors (Lipinski definition) is 1. The molecule has 21 heavy (non-hydrogen) atoms. The van der Waals surface area contributed by atoms with Crippen LogP contribution in [0.1, 0.15) is 31.2 Å². The van der Waals surface area contributed by atoms with Crippen LogP contribution in [-0.2, 0) is 0 Å². The van der Waals surface area contributed by atoms with Crippen molar-refractivity contribution in [3.05, 3.63) is 22.4 Å². The number of thiophene rings is 1. The maximum atomic E-state index is 5.53. The van der Waals surface area contributed by atoms with E-state index in [0.29, 0.717) is 24.5 Å². The molecule has 2 aromatic rings. The normalized spacial score (nSPS) is 12.0. The van der Waals surface area contributed by atoms with E-state index in [1.807, 2.05) is 24.9 Å². The summed E-state index contributed by atoms with van der Waals surface area (Å²) in [5, 5.41) is 5.02. The van der Waals surface area contributed by atoms with Gasteiger partial charge in [-0.05, 0) is 24.8 Å². The maximum Gasteiger partial charge on any atom is 0.323 e. The summed E-state index contributed by atoms with van der Waals surface area (Å²) in [4.78, 5) is 16.3. The van der Waals surface area contributed by atoms with Gasteiger partial charge >= 0.3 is 6.01 Å². The van der Waals surface area contributed by atoms with Crippen molar-refractivity contribution in [2.75, 3.05) is 30.9 Å². The molecule has 1 unspecified atom stereocenters. The molecule has 2 rings (SSSR count). The van der Waals surface area contributed by atoms with Crippen molar-refractivity contribution >= 4 is 23.2 Å². The second kappa shape index (κ2) is 7.21. The second-order valence-electron chi connectivity index (χ2n) is 4.64. The van der Waals surface area contributed by atoms with E-state index in [0.717, 1.165) is 6.42 Å². The lowest BCUT2D eigenvalue weighted by molar-refractivity contribution is 0.292. The number of anilines is 2. The van der Waals surface area contributed by atoms with Gasteiger partial charge in [-0.25, -0.2) is 0 Å². The van der Waals surface area contributed by atoms with Crippen molar-refractivity contribution in [3.8, 4) is 6.01 Å². The second-order valence-corrected chi connectivity index (χ2v) is 5.62. The van der Waals surface area contributed by atoms with E-state index in [2.05, 4.69) is 38.6 Å². The Bertz CT molecular complexity index is 560. The Hall–Kier alpha value is -1.89. The Morgan fingerprint density at radius 2 is 2.19 bits per heavy atom. The molecule has 1 atom stereocenters. The molecule has 0 aliphatic heterocycles. The molecular formula is C14H21N5OS.